The van der Waals surface area contributed by atoms with Gasteiger partial charge >= 0.3 is 0 Å². The zero-order valence-corrected chi connectivity index (χ0v) is 10.4. The first kappa shape index (κ1) is 12.2. The molecule has 4 nitrogen and oxygen atoms in total. The van der Waals surface area contributed by atoms with Crippen LogP contribution in [0.3, 0.4) is 0 Å². The van der Waals surface area contributed by atoms with E-state index in [0.29, 0.717) is 11.9 Å². The number of anilines is 2. The number of pyridine rings is 1. The van der Waals surface area contributed by atoms with Gasteiger partial charge in [0.2, 0.25) is 0 Å². The minimum atomic E-state index is 0.591. The summed E-state index contributed by atoms with van der Waals surface area (Å²) >= 11 is 0. The second kappa shape index (κ2) is 5.87. The highest BCUT2D eigenvalue weighted by Crippen LogP contribution is 2.25. The summed E-state index contributed by atoms with van der Waals surface area (Å²) in [6.07, 6.45) is 8.31. The topological polar surface area (TPSA) is 63.0 Å². The zero-order valence-electron chi connectivity index (χ0n) is 10.4. The second-order valence-electron chi connectivity index (χ2n) is 5.03. The normalized spacial score (nSPS) is 25.1. The van der Waals surface area contributed by atoms with Crippen LogP contribution in [-0.4, -0.2) is 11.0 Å². The fourth-order valence-corrected chi connectivity index (χ4v) is 2.47. The molecule has 4 N–H and O–H groups in total. The van der Waals surface area contributed by atoms with E-state index in [0.717, 1.165) is 11.6 Å². The third kappa shape index (κ3) is 3.60. The van der Waals surface area contributed by atoms with Crippen molar-refractivity contribution >= 4 is 11.5 Å². The van der Waals surface area contributed by atoms with E-state index in [9.17, 15) is 0 Å². The van der Waals surface area contributed by atoms with Crippen molar-refractivity contribution in [1.29, 1.82) is 0 Å². The molecule has 1 aliphatic carbocycles. The Morgan fingerprint density at radius 3 is 3.00 bits per heavy atom. The number of hydrazine groups is 1. The third-order valence-corrected chi connectivity index (χ3v) is 3.54. The SMILES string of the molecule is CC1CCCC(Nc2ccnc(NN)c2)CC1. The van der Waals surface area contributed by atoms with Crippen molar-refractivity contribution in [2.24, 2.45) is 11.8 Å². The fourth-order valence-electron chi connectivity index (χ4n) is 2.47. The lowest BCUT2D eigenvalue weighted by molar-refractivity contribution is 0.502. The summed E-state index contributed by atoms with van der Waals surface area (Å²) in [6, 6.07) is 4.54. The molecule has 2 rings (SSSR count). The Hall–Kier alpha value is -1.29. The smallest absolute Gasteiger partial charge is 0.141 e. The molecule has 17 heavy (non-hydrogen) atoms. The summed E-state index contributed by atoms with van der Waals surface area (Å²) in [4.78, 5) is 4.11. The average Bonchev–Trinajstić information content (AvgIpc) is 2.55. The molecule has 1 aromatic heterocycles. The summed E-state index contributed by atoms with van der Waals surface area (Å²) in [5.41, 5.74) is 3.68. The van der Waals surface area contributed by atoms with E-state index in [1.807, 2.05) is 12.1 Å². The number of aromatic nitrogens is 1. The van der Waals surface area contributed by atoms with Crippen LogP contribution in [0.4, 0.5) is 11.5 Å². The van der Waals surface area contributed by atoms with Gasteiger partial charge in [-0.05, 0) is 31.2 Å². The molecule has 2 unspecified atom stereocenters. The maximum Gasteiger partial charge on any atom is 0.141 e. The molecule has 4 heteroatoms. The third-order valence-electron chi connectivity index (χ3n) is 3.54. The summed E-state index contributed by atoms with van der Waals surface area (Å²) < 4.78 is 0. The van der Waals surface area contributed by atoms with Crippen LogP contribution in [0.25, 0.3) is 0 Å². The van der Waals surface area contributed by atoms with Crippen LogP contribution in [0, 0.1) is 5.92 Å². The Morgan fingerprint density at radius 2 is 2.18 bits per heavy atom. The highest BCUT2D eigenvalue weighted by atomic mass is 15.2. The van der Waals surface area contributed by atoms with E-state index in [1.165, 1.54) is 32.1 Å². The van der Waals surface area contributed by atoms with Gasteiger partial charge in [-0.2, -0.15) is 0 Å². The molecule has 2 atom stereocenters. The van der Waals surface area contributed by atoms with Crippen molar-refractivity contribution in [2.75, 3.05) is 10.7 Å². The summed E-state index contributed by atoms with van der Waals surface area (Å²) in [6.45, 7) is 2.35. The van der Waals surface area contributed by atoms with Crippen LogP contribution < -0.4 is 16.6 Å². The standard InChI is InChI=1S/C13H22N4/c1-10-3-2-4-11(6-5-10)16-12-7-8-15-13(9-12)17-14/h7-11H,2-6,14H2,1H3,(H2,15,16,17). The van der Waals surface area contributed by atoms with E-state index >= 15 is 0 Å². The van der Waals surface area contributed by atoms with Gasteiger partial charge in [0.15, 0.2) is 0 Å². The van der Waals surface area contributed by atoms with Crippen molar-refractivity contribution in [3.05, 3.63) is 18.3 Å². The lowest BCUT2D eigenvalue weighted by Gasteiger charge is -2.18. The molecule has 0 bridgehead atoms. The largest absolute Gasteiger partial charge is 0.382 e. The van der Waals surface area contributed by atoms with Crippen LogP contribution >= 0.6 is 0 Å². The Balaban J connectivity index is 1.94. The van der Waals surface area contributed by atoms with Gasteiger partial charge in [-0.15, -0.1) is 0 Å². The van der Waals surface area contributed by atoms with Crippen LogP contribution in [-0.2, 0) is 0 Å². The average molecular weight is 234 g/mol. The van der Waals surface area contributed by atoms with Crippen molar-refractivity contribution in [1.82, 2.24) is 4.98 Å². The van der Waals surface area contributed by atoms with Gasteiger partial charge in [0.05, 0.1) is 0 Å². The van der Waals surface area contributed by atoms with Crippen LogP contribution in [0.5, 0.6) is 0 Å². The summed E-state index contributed by atoms with van der Waals surface area (Å²) in [5.74, 6) is 6.94. The zero-order chi connectivity index (χ0) is 12.1. The molecular weight excluding hydrogens is 212 g/mol. The molecule has 1 aliphatic rings. The van der Waals surface area contributed by atoms with Crippen molar-refractivity contribution in [2.45, 2.75) is 45.1 Å². The highest BCUT2D eigenvalue weighted by Gasteiger charge is 2.15. The predicted octanol–water partition coefficient (Wildman–Crippen LogP) is 2.75. The van der Waals surface area contributed by atoms with E-state index in [2.05, 4.69) is 22.7 Å². The van der Waals surface area contributed by atoms with Crippen LogP contribution in [0.15, 0.2) is 18.3 Å². The maximum absolute atomic E-state index is 5.35. The van der Waals surface area contributed by atoms with Gasteiger partial charge in [-0.1, -0.05) is 19.8 Å². The van der Waals surface area contributed by atoms with E-state index in [4.69, 9.17) is 5.84 Å². The minimum Gasteiger partial charge on any atom is -0.382 e. The molecule has 1 saturated carbocycles. The predicted molar refractivity (Wildman–Crippen MR) is 71.7 cm³/mol. The molecule has 0 spiro atoms. The van der Waals surface area contributed by atoms with Gasteiger partial charge in [0.25, 0.3) is 0 Å². The molecule has 1 heterocycles. The Bertz CT molecular complexity index is 353. The van der Waals surface area contributed by atoms with Gasteiger partial charge in [-0.3, -0.25) is 0 Å². The first-order valence-electron chi connectivity index (χ1n) is 6.47. The molecule has 0 amide bonds. The molecule has 0 saturated heterocycles. The Kier molecular flexibility index (Phi) is 4.20. The first-order chi connectivity index (χ1) is 8.28. The lowest BCUT2D eigenvalue weighted by atomic mass is 10.0. The second-order valence-corrected chi connectivity index (χ2v) is 5.03. The lowest BCUT2D eigenvalue weighted by Crippen LogP contribution is -2.18. The van der Waals surface area contributed by atoms with Gasteiger partial charge in [0, 0.05) is 24.0 Å². The van der Waals surface area contributed by atoms with Crippen LogP contribution in [0.2, 0.25) is 0 Å². The van der Waals surface area contributed by atoms with Crippen molar-refractivity contribution in [3.8, 4) is 0 Å². The summed E-state index contributed by atoms with van der Waals surface area (Å²) in [7, 11) is 0. The van der Waals surface area contributed by atoms with Gasteiger partial charge < -0.3 is 10.7 Å². The molecule has 0 aliphatic heterocycles. The quantitative estimate of drug-likeness (QED) is 0.427. The molecule has 0 radical (unpaired) electrons. The Morgan fingerprint density at radius 1 is 1.29 bits per heavy atom. The van der Waals surface area contributed by atoms with Crippen molar-refractivity contribution in [3.63, 3.8) is 0 Å². The number of nitrogens with zero attached hydrogens (tertiary/aromatic N) is 1. The van der Waals surface area contributed by atoms with Crippen molar-refractivity contribution < 1.29 is 0 Å². The number of nitrogen functional groups attached to an aromatic ring is 1. The number of nitrogens with one attached hydrogen (secondary N) is 2. The molecule has 1 fully saturated rings. The monoisotopic (exact) mass is 234 g/mol. The number of hydrogen-bond acceptors (Lipinski definition) is 4. The van der Waals surface area contributed by atoms with E-state index in [1.54, 1.807) is 6.20 Å². The van der Waals surface area contributed by atoms with Crippen LogP contribution in [0.1, 0.15) is 39.0 Å². The summed E-state index contributed by atoms with van der Waals surface area (Å²) in [5, 5.41) is 3.58. The fraction of sp³-hybridized carbons (Fsp3) is 0.615. The van der Waals surface area contributed by atoms with Gasteiger partial charge in [-0.25, -0.2) is 10.8 Å². The van der Waals surface area contributed by atoms with E-state index in [-0.39, 0.29) is 0 Å². The molecule has 94 valence electrons. The molecule has 0 aromatic carbocycles. The number of rotatable bonds is 3. The first-order valence-corrected chi connectivity index (χ1v) is 6.47. The number of nitrogens with two attached hydrogens (primary N) is 1. The van der Waals surface area contributed by atoms with Gasteiger partial charge in [0.1, 0.15) is 5.82 Å². The Labute approximate surface area is 103 Å². The number of hydrogen-bond donors (Lipinski definition) is 3. The molecular formula is C13H22N4. The van der Waals surface area contributed by atoms with E-state index < -0.39 is 0 Å². The maximum atomic E-state index is 5.35. The molecule has 1 aromatic rings. The minimum absolute atomic E-state index is 0.591. The highest BCUT2D eigenvalue weighted by molar-refractivity contribution is 5.51.